The van der Waals surface area contributed by atoms with Crippen LogP contribution < -0.4 is 10.1 Å². The molecule has 2 heterocycles. The first-order valence-electron chi connectivity index (χ1n) is 6.34. The number of likely N-dealkylation sites (tertiary alicyclic amines) is 1. The van der Waals surface area contributed by atoms with E-state index in [1.54, 1.807) is 24.9 Å². The van der Waals surface area contributed by atoms with E-state index in [4.69, 9.17) is 4.74 Å². The monoisotopic (exact) mass is 252 g/mol. The smallest absolute Gasteiger partial charge is 0.323 e. The molecule has 2 rings (SSSR count). The van der Waals surface area contributed by atoms with Crippen LogP contribution in [-0.2, 0) is 7.05 Å². The molecule has 1 aliphatic heterocycles. The van der Waals surface area contributed by atoms with E-state index in [2.05, 4.69) is 10.4 Å². The lowest BCUT2D eigenvalue weighted by atomic mass is 10.2. The predicted molar refractivity (Wildman–Crippen MR) is 68.8 cm³/mol. The van der Waals surface area contributed by atoms with Crippen molar-refractivity contribution in [3.63, 3.8) is 0 Å². The van der Waals surface area contributed by atoms with E-state index in [1.165, 1.54) is 12.8 Å². The van der Waals surface area contributed by atoms with Gasteiger partial charge < -0.3 is 9.64 Å². The zero-order valence-corrected chi connectivity index (χ0v) is 11.0. The minimum Gasteiger partial charge on any atom is -0.481 e. The summed E-state index contributed by atoms with van der Waals surface area (Å²) < 4.78 is 6.70. The minimum absolute atomic E-state index is 0.0716. The number of carbonyl (C=O) groups is 1. The second-order valence-electron chi connectivity index (χ2n) is 4.53. The standard InChI is InChI=1S/C12H20N4O2/c1-15-11(18-2)9-10(14-15)13-12(17)16-7-5-3-4-6-8-16/h9H,3-8H2,1-2H3,(H,13,14,17). The molecule has 18 heavy (non-hydrogen) atoms. The van der Waals surface area contributed by atoms with Crippen LogP contribution in [0.4, 0.5) is 10.6 Å². The minimum atomic E-state index is -0.0716. The molecule has 6 heteroatoms. The molecule has 0 radical (unpaired) electrons. The third kappa shape index (κ3) is 2.94. The van der Waals surface area contributed by atoms with Crippen molar-refractivity contribution in [2.24, 2.45) is 7.05 Å². The van der Waals surface area contributed by atoms with Gasteiger partial charge in [0.1, 0.15) is 0 Å². The molecule has 0 bridgehead atoms. The average Bonchev–Trinajstić information content (AvgIpc) is 2.58. The maximum atomic E-state index is 12.1. The molecule has 2 amide bonds. The molecule has 0 spiro atoms. The van der Waals surface area contributed by atoms with Crippen LogP contribution in [0.1, 0.15) is 25.7 Å². The highest BCUT2D eigenvalue weighted by Gasteiger charge is 2.17. The first-order chi connectivity index (χ1) is 8.70. The van der Waals surface area contributed by atoms with Gasteiger partial charge in [-0.05, 0) is 12.8 Å². The van der Waals surface area contributed by atoms with Crippen LogP contribution in [0, 0.1) is 0 Å². The van der Waals surface area contributed by atoms with Crippen molar-refractivity contribution in [3.8, 4) is 5.88 Å². The Hall–Kier alpha value is -1.72. The fraction of sp³-hybridized carbons (Fsp3) is 0.667. The summed E-state index contributed by atoms with van der Waals surface area (Å²) in [6.07, 6.45) is 4.58. The van der Waals surface area contributed by atoms with Crippen LogP contribution in [0.5, 0.6) is 5.88 Å². The second kappa shape index (κ2) is 5.75. The van der Waals surface area contributed by atoms with Gasteiger partial charge in [0.2, 0.25) is 5.88 Å². The Morgan fingerprint density at radius 3 is 2.56 bits per heavy atom. The summed E-state index contributed by atoms with van der Waals surface area (Å²) in [5, 5.41) is 6.98. The lowest BCUT2D eigenvalue weighted by Crippen LogP contribution is -2.35. The summed E-state index contributed by atoms with van der Waals surface area (Å²) in [7, 11) is 3.36. The maximum Gasteiger partial charge on any atom is 0.323 e. The van der Waals surface area contributed by atoms with E-state index in [0.717, 1.165) is 25.9 Å². The number of hydrogen-bond donors (Lipinski definition) is 1. The normalized spacial score (nSPS) is 16.2. The van der Waals surface area contributed by atoms with Crippen LogP contribution in [0.25, 0.3) is 0 Å². The molecule has 0 aromatic carbocycles. The Kier molecular flexibility index (Phi) is 4.07. The zero-order chi connectivity index (χ0) is 13.0. The highest BCUT2D eigenvalue weighted by molar-refractivity contribution is 5.88. The quantitative estimate of drug-likeness (QED) is 0.873. The van der Waals surface area contributed by atoms with Gasteiger partial charge in [-0.15, -0.1) is 0 Å². The molecule has 0 saturated carbocycles. The van der Waals surface area contributed by atoms with Gasteiger partial charge in [-0.25, -0.2) is 9.48 Å². The molecule has 1 aliphatic rings. The van der Waals surface area contributed by atoms with Crippen LogP contribution >= 0.6 is 0 Å². The Morgan fingerprint density at radius 2 is 2.00 bits per heavy atom. The van der Waals surface area contributed by atoms with Gasteiger partial charge in [-0.2, -0.15) is 5.10 Å². The van der Waals surface area contributed by atoms with Crippen LogP contribution in [0.2, 0.25) is 0 Å². The van der Waals surface area contributed by atoms with Crippen molar-refractivity contribution in [2.75, 3.05) is 25.5 Å². The molecule has 1 aromatic heterocycles. The number of rotatable bonds is 2. The maximum absolute atomic E-state index is 12.1. The number of carbonyl (C=O) groups excluding carboxylic acids is 1. The molecular weight excluding hydrogens is 232 g/mol. The van der Waals surface area contributed by atoms with Gasteiger partial charge in [0.05, 0.1) is 7.11 Å². The Labute approximate surface area is 107 Å². The summed E-state index contributed by atoms with van der Waals surface area (Å²) in [6.45, 7) is 1.66. The number of ether oxygens (including phenoxy) is 1. The van der Waals surface area contributed by atoms with Crippen molar-refractivity contribution in [2.45, 2.75) is 25.7 Å². The molecule has 0 unspecified atom stereocenters. The summed E-state index contributed by atoms with van der Waals surface area (Å²) >= 11 is 0. The number of aryl methyl sites for hydroxylation is 1. The molecule has 100 valence electrons. The van der Waals surface area contributed by atoms with E-state index >= 15 is 0 Å². The fourth-order valence-electron chi connectivity index (χ4n) is 2.16. The lowest BCUT2D eigenvalue weighted by Gasteiger charge is -2.19. The third-order valence-corrected chi connectivity index (χ3v) is 3.17. The number of nitrogens with one attached hydrogen (secondary N) is 1. The highest BCUT2D eigenvalue weighted by Crippen LogP contribution is 2.16. The summed E-state index contributed by atoms with van der Waals surface area (Å²) in [6, 6.07) is 1.65. The number of nitrogens with zero attached hydrogens (tertiary/aromatic N) is 3. The van der Waals surface area contributed by atoms with Crippen molar-refractivity contribution >= 4 is 11.8 Å². The first kappa shape index (κ1) is 12.7. The van der Waals surface area contributed by atoms with Crippen molar-refractivity contribution in [1.82, 2.24) is 14.7 Å². The number of aromatic nitrogens is 2. The molecule has 0 aliphatic carbocycles. The van der Waals surface area contributed by atoms with E-state index in [1.807, 2.05) is 4.90 Å². The van der Waals surface area contributed by atoms with Crippen LogP contribution in [-0.4, -0.2) is 40.9 Å². The number of urea groups is 1. The lowest BCUT2D eigenvalue weighted by molar-refractivity contribution is 0.213. The van der Waals surface area contributed by atoms with Gasteiger partial charge in [0, 0.05) is 26.2 Å². The molecule has 1 fully saturated rings. The van der Waals surface area contributed by atoms with E-state index in [0.29, 0.717) is 11.7 Å². The van der Waals surface area contributed by atoms with Crippen LogP contribution in [0.15, 0.2) is 6.07 Å². The molecule has 0 atom stereocenters. The van der Waals surface area contributed by atoms with Crippen molar-refractivity contribution in [1.29, 1.82) is 0 Å². The first-order valence-corrected chi connectivity index (χ1v) is 6.34. The third-order valence-electron chi connectivity index (χ3n) is 3.17. The van der Waals surface area contributed by atoms with Gasteiger partial charge in [0.25, 0.3) is 0 Å². The summed E-state index contributed by atoms with van der Waals surface area (Å²) in [5.74, 6) is 1.16. The molecule has 1 saturated heterocycles. The number of amides is 2. The molecule has 6 nitrogen and oxygen atoms in total. The zero-order valence-electron chi connectivity index (χ0n) is 11.0. The number of methoxy groups -OCH3 is 1. The van der Waals surface area contributed by atoms with Crippen molar-refractivity contribution in [3.05, 3.63) is 6.07 Å². The average molecular weight is 252 g/mol. The van der Waals surface area contributed by atoms with Gasteiger partial charge >= 0.3 is 6.03 Å². The summed E-state index contributed by atoms with van der Waals surface area (Å²) in [5.41, 5.74) is 0. The summed E-state index contributed by atoms with van der Waals surface area (Å²) in [4.78, 5) is 13.9. The molecule has 1 aromatic rings. The van der Waals surface area contributed by atoms with E-state index in [-0.39, 0.29) is 6.03 Å². The number of anilines is 1. The number of hydrogen-bond acceptors (Lipinski definition) is 3. The van der Waals surface area contributed by atoms with Gasteiger partial charge in [-0.3, -0.25) is 5.32 Å². The van der Waals surface area contributed by atoms with E-state index in [9.17, 15) is 4.79 Å². The SMILES string of the molecule is COc1cc(NC(=O)N2CCCCCC2)nn1C. The predicted octanol–water partition coefficient (Wildman–Crippen LogP) is 1.84. The largest absolute Gasteiger partial charge is 0.481 e. The second-order valence-corrected chi connectivity index (χ2v) is 4.53. The van der Waals surface area contributed by atoms with Gasteiger partial charge in [-0.1, -0.05) is 12.8 Å². The Bertz CT molecular complexity index is 408. The topological polar surface area (TPSA) is 59.4 Å². The molecule has 1 N–H and O–H groups in total. The highest BCUT2D eigenvalue weighted by atomic mass is 16.5. The molecular formula is C12H20N4O2. The van der Waals surface area contributed by atoms with E-state index < -0.39 is 0 Å². The van der Waals surface area contributed by atoms with Crippen LogP contribution in [0.3, 0.4) is 0 Å². The Morgan fingerprint density at radius 1 is 1.33 bits per heavy atom. The van der Waals surface area contributed by atoms with Crippen molar-refractivity contribution < 1.29 is 9.53 Å². The Balaban J connectivity index is 1.96. The van der Waals surface area contributed by atoms with Gasteiger partial charge in [0.15, 0.2) is 5.82 Å². The fourth-order valence-corrected chi connectivity index (χ4v) is 2.16.